The number of hydrogen-bond donors (Lipinski definition) is 2. The van der Waals surface area contributed by atoms with Gasteiger partial charge in [0.2, 0.25) is 0 Å². The fourth-order valence-electron chi connectivity index (χ4n) is 1.65. The molecule has 2 atom stereocenters. The highest BCUT2D eigenvalue weighted by molar-refractivity contribution is 7.92. The Morgan fingerprint density at radius 1 is 1.30 bits per heavy atom. The van der Waals surface area contributed by atoms with Crippen molar-refractivity contribution < 1.29 is 18.3 Å². The number of rotatable bonds is 8. The molecule has 0 spiro atoms. The van der Waals surface area contributed by atoms with E-state index in [9.17, 15) is 13.5 Å². The fraction of sp³-hybridized carbons (Fsp3) is 0.571. The smallest absolute Gasteiger partial charge is 0.155 e. The van der Waals surface area contributed by atoms with E-state index in [-0.39, 0.29) is 12.4 Å². The third-order valence-electron chi connectivity index (χ3n) is 3.21. The van der Waals surface area contributed by atoms with Crippen molar-refractivity contribution in [2.75, 3.05) is 12.4 Å². The highest BCUT2D eigenvalue weighted by atomic mass is 32.2. The molecule has 0 aliphatic rings. The van der Waals surface area contributed by atoms with Gasteiger partial charge in [-0.1, -0.05) is 19.1 Å². The monoisotopic (exact) mass is 301 g/mol. The lowest BCUT2D eigenvalue weighted by Gasteiger charge is -2.15. The third-order valence-corrected chi connectivity index (χ3v) is 5.62. The first kappa shape index (κ1) is 16.9. The van der Waals surface area contributed by atoms with Crippen LogP contribution in [0.2, 0.25) is 0 Å². The first-order valence-electron chi connectivity index (χ1n) is 6.70. The lowest BCUT2D eigenvalue weighted by atomic mass is 10.2. The van der Waals surface area contributed by atoms with Crippen molar-refractivity contribution in [1.29, 1.82) is 0 Å². The van der Waals surface area contributed by atoms with Crippen LogP contribution in [-0.2, 0) is 16.4 Å². The Labute approximate surface area is 120 Å². The molecule has 0 aliphatic carbocycles. The molecule has 2 unspecified atom stereocenters. The van der Waals surface area contributed by atoms with E-state index in [2.05, 4.69) is 0 Å². The summed E-state index contributed by atoms with van der Waals surface area (Å²) in [5, 5.41) is 9.32. The largest absolute Gasteiger partial charge is 0.491 e. The van der Waals surface area contributed by atoms with Gasteiger partial charge in [-0.3, -0.25) is 0 Å². The minimum atomic E-state index is -3.27. The molecule has 1 aromatic rings. The van der Waals surface area contributed by atoms with E-state index in [0.717, 1.165) is 5.56 Å². The predicted octanol–water partition coefficient (Wildman–Crippen LogP) is 1.10. The first-order valence-corrected chi connectivity index (χ1v) is 8.42. The Hall–Kier alpha value is -1.11. The third kappa shape index (κ3) is 5.11. The second-order valence-electron chi connectivity index (χ2n) is 4.86. The average molecular weight is 301 g/mol. The zero-order chi connectivity index (χ0) is 15.2. The maximum Gasteiger partial charge on any atom is 0.155 e. The Morgan fingerprint density at radius 3 is 2.40 bits per heavy atom. The zero-order valence-corrected chi connectivity index (χ0v) is 12.8. The highest BCUT2D eigenvalue weighted by Crippen LogP contribution is 2.13. The van der Waals surface area contributed by atoms with Crippen molar-refractivity contribution >= 4 is 9.84 Å². The number of aliphatic hydroxyl groups excluding tert-OH is 1. The molecule has 114 valence electrons. The van der Waals surface area contributed by atoms with Gasteiger partial charge in [0.25, 0.3) is 0 Å². The summed E-state index contributed by atoms with van der Waals surface area (Å²) in [6.07, 6.45) is -0.487. The van der Waals surface area contributed by atoms with Crippen LogP contribution in [0.4, 0.5) is 0 Å². The molecule has 0 amide bonds. The van der Waals surface area contributed by atoms with Crippen molar-refractivity contribution in [3.8, 4) is 5.75 Å². The first-order chi connectivity index (χ1) is 9.39. The van der Waals surface area contributed by atoms with E-state index in [1.54, 1.807) is 19.1 Å². The number of sulfone groups is 1. The van der Waals surface area contributed by atoms with E-state index in [1.165, 1.54) is 0 Å². The minimum Gasteiger partial charge on any atom is -0.491 e. The molecule has 0 bridgehead atoms. The number of nitrogens with two attached hydrogens (primary N) is 1. The van der Waals surface area contributed by atoms with E-state index >= 15 is 0 Å². The molecule has 3 N–H and O–H groups in total. The van der Waals surface area contributed by atoms with Crippen LogP contribution in [0.3, 0.4) is 0 Å². The molecule has 0 saturated carbocycles. The molecule has 1 rings (SSSR count). The molecule has 20 heavy (non-hydrogen) atoms. The number of aliphatic hydroxyl groups is 1. The Balaban J connectivity index is 2.48. The molecular formula is C14H23NO4S. The molecule has 0 aliphatic heterocycles. The zero-order valence-electron chi connectivity index (χ0n) is 12.0. The second-order valence-corrected chi connectivity index (χ2v) is 7.33. The Morgan fingerprint density at radius 2 is 1.90 bits per heavy atom. The summed E-state index contributed by atoms with van der Waals surface area (Å²) in [5.41, 5.74) is 6.47. The molecule has 0 heterocycles. The van der Waals surface area contributed by atoms with Crippen LogP contribution in [-0.4, -0.2) is 37.2 Å². The average Bonchev–Trinajstić information content (AvgIpc) is 2.44. The van der Waals surface area contributed by atoms with Crippen LogP contribution in [0, 0.1) is 0 Å². The van der Waals surface area contributed by atoms with Crippen LogP contribution in [0.5, 0.6) is 5.75 Å². The summed E-state index contributed by atoms with van der Waals surface area (Å²) < 4.78 is 29.0. The van der Waals surface area contributed by atoms with E-state index in [0.29, 0.717) is 18.7 Å². The minimum absolute atomic E-state index is 0.0440. The van der Waals surface area contributed by atoms with Crippen LogP contribution < -0.4 is 10.5 Å². The van der Waals surface area contributed by atoms with Gasteiger partial charge < -0.3 is 15.6 Å². The maximum atomic E-state index is 11.8. The normalized spacial score (nSPS) is 14.8. The van der Waals surface area contributed by atoms with Crippen molar-refractivity contribution in [1.82, 2.24) is 0 Å². The maximum absolute atomic E-state index is 11.8. The number of benzene rings is 1. The van der Waals surface area contributed by atoms with Gasteiger partial charge >= 0.3 is 0 Å². The molecule has 1 aromatic carbocycles. The van der Waals surface area contributed by atoms with Crippen LogP contribution in [0.25, 0.3) is 0 Å². The standard InChI is InChI=1S/C14H23NO4S/c1-3-11(2)20(17,18)10-13(16)9-19-14-6-4-12(8-15)5-7-14/h4-7,11,13,16H,3,8-10,15H2,1-2H3. The van der Waals surface area contributed by atoms with E-state index in [1.807, 2.05) is 19.1 Å². The highest BCUT2D eigenvalue weighted by Gasteiger charge is 2.23. The van der Waals surface area contributed by atoms with Gasteiger partial charge in [0.15, 0.2) is 9.84 Å². The topological polar surface area (TPSA) is 89.6 Å². The fourth-order valence-corrected chi connectivity index (χ4v) is 3.12. The van der Waals surface area contributed by atoms with Crippen molar-refractivity contribution in [3.63, 3.8) is 0 Å². The van der Waals surface area contributed by atoms with Gasteiger partial charge in [-0.05, 0) is 31.0 Å². The molecule has 6 heteroatoms. The number of ether oxygens (including phenoxy) is 1. The summed E-state index contributed by atoms with van der Waals surface area (Å²) in [4.78, 5) is 0. The van der Waals surface area contributed by atoms with Gasteiger partial charge in [-0.15, -0.1) is 0 Å². The van der Waals surface area contributed by atoms with E-state index < -0.39 is 21.2 Å². The van der Waals surface area contributed by atoms with Crippen molar-refractivity contribution in [3.05, 3.63) is 29.8 Å². The van der Waals surface area contributed by atoms with Crippen LogP contribution >= 0.6 is 0 Å². The van der Waals surface area contributed by atoms with Crippen molar-refractivity contribution in [2.24, 2.45) is 5.73 Å². The van der Waals surface area contributed by atoms with E-state index in [4.69, 9.17) is 10.5 Å². The summed E-state index contributed by atoms with van der Waals surface area (Å²) in [7, 11) is -3.27. The summed E-state index contributed by atoms with van der Waals surface area (Å²) in [5.74, 6) is 0.310. The predicted molar refractivity (Wildman–Crippen MR) is 79.4 cm³/mol. The quantitative estimate of drug-likeness (QED) is 0.750. The lowest BCUT2D eigenvalue weighted by Crippen LogP contribution is -2.31. The summed E-state index contributed by atoms with van der Waals surface area (Å²) >= 11 is 0. The van der Waals surface area contributed by atoms with Crippen LogP contribution in [0.1, 0.15) is 25.8 Å². The Bertz CT molecular complexity index is 498. The number of hydrogen-bond acceptors (Lipinski definition) is 5. The summed E-state index contributed by atoms with van der Waals surface area (Å²) in [6.45, 7) is 3.87. The molecule has 0 aromatic heterocycles. The molecule has 0 saturated heterocycles. The lowest BCUT2D eigenvalue weighted by molar-refractivity contribution is 0.124. The SMILES string of the molecule is CCC(C)S(=O)(=O)CC(O)COc1ccc(CN)cc1. The molecule has 0 radical (unpaired) electrons. The van der Waals surface area contributed by atoms with Gasteiger partial charge in [-0.25, -0.2) is 8.42 Å². The van der Waals surface area contributed by atoms with Crippen molar-refractivity contribution in [2.45, 2.75) is 38.2 Å². The second kappa shape index (κ2) is 7.61. The summed E-state index contributed by atoms with van der Waals surface area (Å²) in [6, 6.07) is 7.16. The van der Waals surface area contributed by atoms with Crippen LogP contribution in [0.15, 0.2) is 24.3 Å². The Kier molecular flexibility index (Phi) is 6.45. The van der Waals surface area contributed by atoms with Gasteiger partial charge in [-0.2, -0.15) is 0 Å². The molecular weight excluding hydrogens is 278 g/mol. The molecule has 0 fully saturated rings. The molecule has 5 nitrogen and oxygen atoms in total. The van der Waals surface area contributed by atoms with Gasteiger partial charge in [0.1, 0.15) is 18.5 Å². The van der Waals surface area contributed by atoms with Gasteiger partial charge in [0, 0.05) is 6.54 Å². The van der Waals surface area contributed by atoms with Gasteiger partial charge in [0.05, 0.1) is 11.0 Å².